The van der Waals surface area contributed by atoms with Crippen LogP contribution in [0, 0.1) is 0 Å². The van der Waals surface area contributed by atoms with E-state index in [0.29, 0.717) is 12.8 Å². The van der Waals surface area contributed by atoms with Crippen LogP contribution >= 0.6 is 0 Å². The van der Waals surface area contributed by atoms with Crippen LogP contribution in [0.15, 0.2) is 0 Å². The third kappa shape index (κ3) is 5.36. The molecule has 0 aromatic rings. The molecule has 0 rings (SSSR count). The predicted octanol–water partition coefficient (Wildman–Crippen LogP) is 0.971. The molecule has 0 saturated carbocycles. The van der Waals surface area contributed by atoms with E-state index in [-0.39, 0.29) is 18.6 Å². The molecule has 76 valence electrons. The molecule has 0 bridgehead atoms. The molecular formula is C9H16O4. The molecule has 0 aromatic heterocycles. The third-order valence-corrected chi connectivity index (χ3v) is 1.77. The fraction of sp³-hybridized carbons (Fsp3) is 0.778. The molecule has 4 nitrogen and oxygen atoms in total. The van der Waals surface area contributed by atoms with Crippen LogP contribution in [0.5, 0.6) is 0 Å². The van der Waals surface area contributed by atoms with E-state index in [1.54, 1.807) is 0 Å². The number of ketones is 1. The van der Waals surface area contributed by atoms with E-state index >= 15 is 0 Å². The van der Waals surface area contributed by atoms with Gasteiger partial charge in [0, 0.05) is 6.42 Å². The van der Waals surface area contributed by atoms with E-state index < -0.39 is 11.6 Å². The minimum atomic E-state index is -1.35. The Morgan fingerprint density at radius 1 is 1.31 bits per heavy atom. The molecule has 4 heteroatoms. The average Bonchev–Trinajstić information content (AvgIpc) is 1.81. The van der Waals surface area contributed by atoms with Gasteiger partial charge >= 0.3 is 5.97 Å². The number of carboxylic acids is 1. The fourth-order valence-electron chi connectivity index (χ4n) is 1.45. The quantitative estimate of drug-likeness (QED) is 0.651. The van der Waals surface area contributed by atoms with E-state index in [1.165, 1.54) is 6.92 Å². The minimum Gasteiger partial charge on any atom is -0.481 e. The van der Waals surface area contributed by atoms with Gasteiger partial charge in [-0.15, -0.1) is 0 Å². The van der Waals surface area contributed by atoms with Crippen molar-refractivity contribution in [1.82, 2.24) is 0 Å². The number of aliphatic carboxylic acids is 1. The largest absolute Gasteiger partial charge is 0.481 e. The first-order chi connectivity index (χ1) is 5.89. The van der Waals surface area contributed by atoms with Crippen LogP contribution in [-0.2, 0) is 9.59 Å². The van der Waals surface area contributed by atoms with Gasteiger partial charge in [0.05, 0.1) is 12.0 Å². The molecule has 0 aliphatic rings. The van der Waals surface area contributed by atoms with Crippen LogP contribution in [0.3, 0.4) is 0 Å². The average molecular weight is 188 g/mol. The predicted molar refractivity (Wildman–Crippen MR) is 47.4 cm³/mol. The highest BCUT2D eigenvalue weighted by Gasteiger charge is 2.30. The molecule has 0 amide bonds. The van der Waals surface area contributed by atoms with E-state index in [1.807, 2.05) is 6.92 Å². The normalized spacial score (nSPS) is 15.0. The highest BCUT2D eigenvalue weighted by Crippen LogP contribution is 2.22. The number of rotatable bonds is 6. The maximum Gasteiger partial charge on any atom is 0.306 e. The Balaban J connectivity index is 4.32. The van der Waals surface area contributed by atoms with Gasteiger partial charge in [-0.05, 0) is 13.3 Å². The van der Waals surface area contributed by atoms with Crippen molar-refractivity contribution in [2.75, 3.05) is 0 Å². The summed E-state index contributed by atoms with van der Waals surface area (Å²) in [5.74, 6) is -1.26. The molecular weight excluding hydrogens is 172 g/mol. The number of carbonyl (C=O) groups is 2. The van der Waals surface area contributed by atoms with Crippen molar-refractivity contribution in [3.8, 4) is 0 Å². The van der Waals surface area contributed by atoms with Gasteiger partial charge in [-0.3, -0.25) is 9.59 Å². The number of carbonyl (C=O) groups excluding carboxylic acids is 1. The zero-order chi connectivity index (χ0) is 10.5. The molecule has 0 spiro atoms. The van der Waals surface area contributed by atoms with Gasteiger partial charge in [0.2, 0.25) is 0 Å². The lowest BCUT2D eigenvalue weighted by atomic mass is 9.89. The van der Waals surface area contributed by atoms with Crippen molar-refractivity contribution < 1.29 is 19.8 Å². The summed E-state index contributed by atoms with van der Waals surface area (Å²) >= 11 is 0. The summed E-state index contributed by atoms with van der Waals surface area (Å²) in [5.41, 5.74) is -1.35. The van der Waals surface area contributed by atoms with Crippen LogP contribution < -0.4 is 0 Å². The van der Waals surface area contributed by atoms with Crippen molar-refractivity contribution in [3.05, 3.63) is 0 Å². The van der Waals surface area contributed by atoms with Gasteiger partial charge in [0.25, 0.3) is 0 Å². The Morgan fingerprint density at radius 2 is 1.85 bits per heavy atom. The molecule has 0 aliphatic heterocycles. The third-order valence-electron chi connectivity index (χ3n) is 1.77. The Labute approximate surface area is 77.6 Å². The van der Waals surface area contributed by atoms with Crippen molar-refractivity contribution in [3.63, 3.8) is 0 Å². The molecule has 0 aromatic carbocycles. The molecule has 0 saturated heterocycles. The van der Waals surface area contributed by atoms with Crippen LogP contribution in [0.1, 0.15) is 39.5 Å². The zero-order valence-corrected chi connectivity index (χ0v) is 8.04. The number of Topliss-reactive ketones (excluding diaryl/α,β-unsaturated/α-hetero) is 1. The topological polar surface area (TPSA) is 74.6 Å². The first-order valence-corrected chi connectivity index (χ1v) is 4.33. The molecule has 1 unspecified atom stereocenters. The number of hydrogen-bond donors (Lipinski definition) is 2. The number of aliphatic hydroxyl groups is 1. The molecule has 0 aliphatic carbocycles. The fourth-order valence-corrected chi connectivity index (χ4v) is 1.45. The van der Waals surface area contributed by atoms with Gasteiger partial charge in [-0.2, -0.15) is 0 Å². The molecule has 0 radical (unpaired) electrons. The minimum absolute atomic E-state index is 0.0763. The lowest BCUT2D eigenvalue weighted by Crippen LogP contribution is -2.33. The second-order valence-corrected chi connectivity index (χ2v) is 3.42. The second-order valence-electron chi connectivity index (χ2n) is 3.42. The number of hydrogen-bond acceptors (Lipinski definition) is 3. The van der Waals surface area contributed by atoms with Crippen LogP contribution in [0.25, 0.3) is 0 Å². The van der Waals surface area contributed by atoms with Crippen LogP contribution in [0.4, 0.5) is 0 Å². The van der Waals surface area contributed by atoms with E-state index in [4.69, 9.17) is 5.11 Å². The first-order valence-electron chi connectivity index (χ1n) is 4.33. The van der Waals surface area contributed by atoms with Crippen LogP contribution in [-0.4, -0.2) is 27.6 Å². The van der Waals surface area contributed by atoms with Gasteiger partial charge in [0.15, 0.2) is 0 Å². The summed E-state index contributed by atoms with van der Waals surface area (Å²) in [6.07, 6.45) is 0.573. The van der Waals surface area contributed by atoms with Crippen LogP contribution in [0.2, 0.25) is 0 Å². The Hall–Kier alpha value is -0.900. The molecule has 0 fully saturated rings. The van der Waals surface area contributed by atoms with Gasteiger partial charge in [-0.1, -0.05) is 13.3 Å². The summed E-state index contributed by atoms with van der Waals surface area (Å²) in [5, 5.41) is 18.3. The summed E-state index contributed by atoms with van der Waals surface area (Å²) in [6.45, 7) is 3.19. The van der Waals surface area contributed by atoms with Crippen molar-refractivity contribution in [1.29, 1.82) is 0 Å². The van der Waals surface area contributed by atoms with Crippen molar-refractivity contribution in [2.45, 2.75) is 45.1 Å². The summed E-state index contributed by atoms with van der Waals surface area (Å²) in [6, 6.07) is 0. The SMILES string of the molecule is CCCC(O)(CC(C)=O)CC(=O)O. The molecule has 0 heterocycles. The first kappa shape index (κ1) is 12.1. The van der Waals surface area contributed by atoms with E-state index in [0.717, 1.165) is 0 Å². The highest BCUT2D eigenvalue weighted by molar-refractivity contribution is 5.78. The molecule has 2 N–H and O–H groups in total. The molecule has 13 heavy (non-hydrogen) atoms. The van der Waals surface area contributed by atoms with E-state index in [2.05, 4.69) is 0 Å². The summed E-state index contributed by atoms with van der Waals surface area (Å²) < 4.78 is 0. The second kappa shape index (κ2) is 4.97. The van der Waals surface area contributed by atoms with Crippen molar-refractivity contribution in [2.24, 2.45) is 0 Å². The Kier molecular flexibility index (Phi) is 4.62. The monoisotopic (exact) mass is 188 g/mol. The summed E-state index contributed by atoms with van der Waals surface area (Å²) in [4.78, 5) is 21.2. The maximum atomic E-state index is 10.8. The smallest absolute Gasteiger partial charge is 0.306 e. The Morgan fingerprint density at radius 3 is 2.15 bits per heavy atom. The van der Waals surface area contributed by atoms with Gasteiger partial charge < -0.3 is 10.2 Å². The maximum absolute atomic E-state index is 10.8. The highest BCUT2D eigenvalue weighted by atomic mass is 16.4. The standard InChI is InChI=1S/C9H16O4/c1-3-4-9(13,5-7(2)10)6-8(11)12/h13H,3-6H2,1-2H3,(H,11,12). The van der Waals surface area contributed by atoms with Gasteiger partial charge in [0.1, 0.15) is 5.78 Å². The van der Waals surface area contributed by atoms with Crippen molar-refractivity contribution >= 4 is 11.8 Å². The Bertz CT molecular complexity index is 182. The van der Waals surface area contributed by atoms with E-state index in [9.17, 15) is 14.7 Å². The van der Waals surface area contributed by atoms with Gasteiger partial charge in [-0.25, -0.2) is 0 Å². The lowest BCUT2D eigenvalue weighted by Gasteiger charge is -2.24. The molecule has 1 atom stereocenters. The number of carboxylic acid groups (broad SMARTS) is 1. The summed E-state index contributed by atoms with van der Waals surface area (Å²) in [7, 11) is 0. The lowest BCUT2D eigenvalue weighted by molar-refractivity contribution is -0.144. The zero-order valence-electron chi connectivity index (χ0n) is 8.04.